The summed E-state index contributed by atoms with van der Waals surface area (Å²) < 4.78 is 71.7. The maximum absolute atomic E-state index is 15.2. The number of aromatic hydroxyl groups is 1. The Hall–Kier alpha value is -3.83. The SMILES string of the molecule is Cc1cccn2c(=O)c(-c3cc(-c4ccc(C(F)(F)F)cc4F)ccc3F)c(O)[n+](Cc3cnc(Cl)s3)c12. The number of thiazole rings is 1. The number of halogens is 6. The van der Waals surface area contributed by atoms with Crippen LogP contribution in [0.3, 0.4) is 0 Å². The molecule has 5 nitrogen and oxygen atoms in total. The van der Waals surface area contributed by atoms with Crippen molar-refractivity contribution in [3.8, 4) is 28.1 Å². The molecule has 12 heteroatoms. The van der Waals surface area contributed by atoms with Crippen molar-refractivity contribution in [3.05, 3.63) is 103 Å². The minimum atomic E-state index is -4.74. The zero-order chi connectivity index (χ0) is 27.4. The molecular formula is C26H16ClF5N3O2S+. The molecule has 3 aromatic heterocycles. The van der Waals surface area contributed by atoms with Gasteiger partial charge in [0.15, 0.2) is 10.0 Å². The Morgan fingerprint density at radius 2 is 1.84 bits per heavy atom. The lowest BCUT2D eigenvalue weighted by atomic mass is 9.98. The van der Waals surface area contributed by atoms with Gasteiger partial charge in [-0.1, -0.05) is 23.7 Å². The lowest BCUT2D eigenvalue weighted by molar-refractivity contribution is -0.671. The van der Waals surface area contributed by atoms with Crippen molar-refractivity contribution in [2.75, 3.05) is 0 Å². The summed E-state index contributed by atoms with van der Waals surface area (Å²) in [6, 6.07) is 8.59. The van der Waals surface area contributed by atoms with Crippen LogP contribution >= 0.6 is 22.9 Å². The molecule has 0 unspecified atom stereocenters. The van der Waals surface area contributed by atoms with E-state index >= 15 is 4.39 Å². The van der Waals surface area contributed by atoms with Gasteiger partial charge in [0.25, 0.3) is 11.5 Å². The van der Waals surface area contributed by atoms with Gasteiger partial charge in [0.1, 0.15) is 18.2 Å². The highest BCUT2D eigenvalue weighted by Gasteiger charge is 2.32. The molecule has 0 aliphatic heterocycles. The van der Waals surface area contributed by atoms with E-state index in [1.807, 2.05) is 0 Å². The number of aryl methyl sites for hydroxylation is 1. The molecule has 2 aromatic carbocycles. The van der Waals surface area contributed by atoms with Crippen molar-refractivity contribution in [1.29, 1.82) is 0 Å². The summed E-state index contributed by atoms with van der Waals surface area (Å²) in [7, 11) is 0. The molecule has 0 saturated heterocycles. The molecule has 0 spiro atoms. The van der Waals surface area contributed by atoms with Gasteiger partial charge in [-0.05, 0) is 48.9 Å². The van der Waals surface area contributed by atoms with Crippen LogP contribution in [0.25, 0.3) is 27.9 Å². The van der Waals surface area contributed by atoms with Crippen molar-refractivity contribution in [2.24, 2.45) is 0 Å². The highest BCUT2D eigenvalue weighted by atomic mass is 35.5. The van der Waals surface area contributed by atoms with E-state index in [4.69, 9.17) is 11.6 Å². The van der Waals surface area contributed by atoms with Crippen LogP contribution in [0, 0.1) is 18.6 Å². The Kier molecular flexibility index (Phi) is 6.44. The van der Waals surface area contributed by atoms with Crippen LogP contribution in [0.1, 0.15) is 16.0 Å². The number of nitrogens with zero attached hydrogens (tertiary/aromatic N) is 3. The van der Waals surface area contributed by atoms with Gasteiger partial charge in [0.05, 0.1) is 16.6 Å². The molecule has 0 atom stereocenters. The molecule has 0 radical (unpaired) electrons. The van der Waals surface area contributed by atoms with E-state index in [0.29, 0.717) is 28.2 Å². The van der Waals surface area contributed by atoms with E-state index in [1.54, 1.807) is 19.1 Å². The lowest BCUT2D eigenvalue weighted by Crippen LogP contribution is -2.41. The molecule has 0 saturated carbocycles. The van der Waals surface area contributed by atoms with Gasteiger partial charge < -0.3 is 5.11 Å². The zero-order valence-corrected chi connectivity index (χ0v) is 20.9. The van der Waals surface area contributed by atoms with Crippen LogP contribution in [0.5, 0.6) is 5.88 Å². The van der Waals surface area contributed by atoms with Gasteiger partial charge in [-0.25, -0.2) is 18.6 Å². The molecule has 0 aliphatic carbocycles. The van der Waals surface area contributed by atoms with Crippen LogP contribution in [-0.2, 0) is 12.7 Å². The van der Waals surface area contributed by atoms with Crippen LogP contribution in [-0.4, -0.2) is 14.5 Å². The predicted molar refractivity (Wildman–Crippen MR) is 132 cm³/mol. The second-order valence-electron chi connectivity index (χ2n) is 8.44. The number of fused-ring (bicyclic) bond motifs is 1. The quantitative estimate of drug-likeness (QED) is 0.203. The van der Waals surface area contributed by atoms with Crippen molar-refractivity contribution in [1.82, 2.24) is 9.38 Å². The van der Waals surface area contributed by atoms with E-state index < -0.39 is 40.4 Å². The Morgan fingerprint density at radius 1 is 1.08 bits per heavy atom. The fourth-order valence-corrected chi connectivity index (χ4v) is 5.24. The number of benzene rings is 2. The molecule has 0 aliphatic rings. The predicted octanol–water partition coefficient (Wildman–Crippen LogP) is 6.39. The van der Waals surface area contributed by atoms with Crippen LogP contribution < -0.4 is 10.1 Å². The molecule has 0 fully saturated rings. The molecular weight excluding hydrogens is 549 g/mol. The molecule has 5 aromatic rings. The van der Waals surface area contributed by atoms with Crippen molar-refractivity contribution >= 4 is 28.6 Å². The third-order valence-electron chi connectivity index (χ3n) is 6.01. The summed E-state index contributed by atoms with van der Waals surface area (Å²) in [6.07, 6.45) is -1.78. The Balaban J connectivity index is 1.74. The molecule has 3 heterocycles. The number of hydrogen-bond acceptors (Lipinski definition) is 4. The average Bonchev–Trinajstić information content (AvgIpc) is 3.27. The average molecular weight is 565 g/mol. The van der Waals surface area contributed by atoms with Crippen LogP contribution in [0.15, 0.2) is 65.7 Å². The smallest absolute Gasteiger partial charge is 0.416 e. The maximum atomic E-state index is 15.2. The molecule has 0 amide bonds. The fraction of sp³-hybridized carbons (Fsp3) is 0.115. The summed E-state index contributed by atoms with van der Waals surface area (Å²) in [6.45, 7) is 1.78. The van der Waals surface area contributed by atoms with Gasteiger partial charge >= 0.3 is 11.7 Å². The summed E-state index contributed by atoms with van der Waals surface area (Å²) in [5.74, 6) is -2.63. The minimum absolute atomic E-state index is 0.0153. The maximum Gasteiger partial charge on any atom is 0.416 e. The highest BCUT2D eigenvalue weighted by molar-refractivity contribution is 7.15. The standard InChI is InChI=1S/C26H15ClF5N3O2S/c1-13-3-2-8-34-22(13)35(12-16-11-33-25(27)38-16)24(37)21(23(34)36)18-9-14(4-7-19(18)28)17-6-5-15(10-20(17)29)26(30,31)32/h2-11H,12H2,1H3/p+1. The van der Waals surface area contributed by atoms with E-state index in [-0.39, 0.29) is 27.7 Å². The number of hydrogen-bond donors (Lipinski definition) is 1. The Morgan fingerprint density at radius 3 is 2.50 bits per heavy atom. The van der Waals surface area contributed by atoms with Crippen LogP contribution in [0.4, 0.5) is 22.0 Å². The van der Waals surface area contributed by atoms with E-state index in [0.717, 1.165) is 29.5 Å². The van der Waals surface area contributed by atoms with Crippen LogP contribution in [0.2, 0.25) is 4.47 Å². The number of alkyl halides is 3. The summed E-state index contributed by atoms with van der Waals surface area (Å²) in [4.78, 5) is 18.2. The monoisotopic (exact) mass is 564 g/mol. The van der Waals surface area contributed by atoms with Crippen molar-refractivity contribution in [2.45, 2.75) is 19.6 Å². The van der Waals surface area contributed by atoms with Gasteiger partial charge in [0, 0.05) is 22.9 Å². The first-order chi connectivity index (χ1) is 18.0. The molecule has 5 rings (SSSR count). The number of aromatic nitrogens is 3. The number of rotatable bonds is 4. The third kappa shape index (κ3) is 4.52. The van der Waals surface area contributed by atoms with Gasteiger partial charge in [0.2, 0.25) is 0 Å². The number of pyridine rings is 1. The first-order valence-corrected chi connectivity index (χ1v) is 12.2. The third-order valence-corrected chi connectivity index (χ3v) is 7.11. The first-order valence-electron chi connectivity index (χ1n) is 11.0. The molecule has 1 N–H and O–H groups in total. The van der Waals surface area contributed by atoms with E-state index in [1.165, 1.54) is 27.4 Å². The Bertz CT molecular complexity index is 1780. The van der Waals surface area contributed by atoms with E-state index in [9.17, 15) is 27.5 Å². The summed E-state index contributed by atoms with van der Waals surface area (Å²) in [5.41, 5.74) is -1.91. The second kappa shape index (κ2) is 9.48. The summed E-state index contributed by atoms with van der Waals surface area (Å²) in [5, 5.41) is 11.3. The molecule has 194 valence electrons. The highest BCUT2D eigenvalue weighted by Crippen LogP contribution is 2.35. The molecule has 38 heavy (non-hydrogen) atoms. The first kappa shape index (κ1) is 25.8. The second-order valence-corrected chi connectivity index (χ2v) is 10.1. The van der Waals surface area contributed by atoms with Crippen molar-refractivity contribution < 1.29 is 31.6 Å². The lowest BCUT2D eigenvalue weighted by Gasteiger charge is -2.13. The normalized spacial score (nSPS) is 11.9. The zero-order valence-electron chi connectivity index (χ0n) is 19.4. The molecule has 0 bridgehead atoms. The van der Waals surface area contributed by atoms with Gasteiger partial charge in [-0.2, -0.15) is 22.1 Å². The van der Waals surface area contributed by atoms with Gasteiger partial charge in [-0.3, -0.25) is 0 Å². The van der Waals surface area contributed by atoms with E-state index in [2.05, 4.69) is 4.98 Å². The fourth-order valence-electron chi connectivity index (χ4n) is 4.27. The Labute approximate surface area is 220 Å². The largest absolute Gasteiger partial charge is 0.477 e. The van der Waals surface area contributed by atoms with Crippen molar-refractivity contribution in [3.63, 3.8) is 0 Å². The topological polar surface area (TPSA) is 58.5 Å². The minimum Gasteiger partial charge on any atom is -0.477 e. The summed E-state index contributed by atoms with van der Waals surface area (Å²) >= 11 is 7.11. The van der Waals surface area contributed by atoms with Gasteiger partial charge in [-0.15, -0.1) is 11.3 Å².